The van der Waals surface area contributed by atoms with Crippen LogP contribution in [0.15, 0.2) is 69.7 Å². The minimum absolute atomic E-state index is 0.00420. The molecule has 0 aliphatic carbocycles. The van der Waals surface area contributed by atoms with Gasteiger partial charge in [-0.2, -0.15) is 0 Å². The third kappa shape index (κ3) is 25.4. The summed E-state index contributed by atoms with van der Waals surface area (Å²) in [5, 5.41) is 58.5. The fourth-order valence-corrected chi connectivity index (χ4v) is 10.3. The van der Waals surface area contributed by atoms with Crippen molar-refractivity contribution in [3.05, 3.63) is 65.9 Å². The van der Waals surface area contributed by atoms with E-state index in [1.54, 1.807) is 65.1 Å². The van der Waals surface area contributed by atoms with E-state index < -0.39 is 151 Å². The Morgan fingerprint density at radius 2 is 1.33 bits per heavy atom. The molecule has 3 aliphatic heterocycles. The van der Waals surface area contributed by atoms with Crippen LogP contribution in [0.3, 0.4) is 0 Å². The number of aromatic hydroxyl groups is 1. The number of aromatic nitrogens is 1. The van der Waals surface area contributed by atoms with E-state index >= 15 is 0 Å². The van der Waals surface area contributed by atoms with Gasteiger partial charge in [-0.25, -0.2) is 20.0 Å². The first-order chi connectivity index (χ1) is 45.8. The number of benzene rings is 2. The number of carboxylic acids is 1. The number of aliphatic carboxylic acids is 1. The maximum absolute atomic E-state index is 14.8. The minimum Gasteiger partial charge on any atom is -0.508 e. The Morgan fingerprint density at radius 3 is 1.92 bits per heavy atom. The number of carboxylic acid groups (broad SMARTS) is 1. The zero-order valence-electron chi connectivity index (χ0n) is 54.8. The number of phenolic OH excluding ortho intramolecular Hbond substituents is 1. The molecule has 11 atom stereocenters. The number of aliphatic hydroxyl groups is 2. The van der Waals surface area contributed by atoms with Crippen molar-refractivity contribution >= 4 is 100 Å². The van der Waals surface area contributed by atoms with Crippen LogP contribution >= 0.6 is 0 Å². The summed E-state index contributed by atoms with van der Waals surface area (Å²) in [6.07, 6.45) is 3.64. The number of ether oxygens (including phenoxy) is 1. The summed E-state index contributed by atoms with van der Waals surface area (Å²) in [6, 6.07) is -1.36. The van der Waals surface area contributed by atoms with Gasteiger partial charge in [-0.05, 0) is 101 Å². The van der Waals surface area contributed by atoms with Crippen molar-refractivity contribution in [1.82, 2.24) is 63.3 Å². The molecule has 6 rings (SSSR count). The normalized spacial score (nSPS) is 18.0. The molecule has 35 nitrogen and oxygen atoms in total. The number of hydrazine groups is 1. The number of fused-ring (bicyclic) bond motifs is 1. The molecule has 530 valence electrons. The molecule has 0 spiro atoms. The predicted octanol–water partition coefficient (Wildman–Crippen LogP) is -3.75. The van der Waals surface area contributed by atoms with Crippen molar-refractivity contribution in [3.63, 3.8) is 0 Å². The van der Waals surface area contributed by atoms with Gasteiger partial charge < -0.3 is 94.8 Å². The smallest absolute Gasteiger partial charge is 0.332 e. The topological polar surface area (TPSA) is 549 Å². The Hall–Kier alpha value is -10.3. The highest BCUT2D eigenvalue weighted by atomic mass is 16.5. The zero-order chi connectivity index (χ0) is 71.7. The molecule has 12 amide bonds. The van der Waals surface area contributed by atoms with Gasteiger partial charge in [0.05, 0.1) is 24.9 Å². The first-order valence-electron chi connectivity index (χ1n) is 31.5. The van der Waals surface area contributed by atoms with Gasteiger partial charge in [0.1, 0.15) is 72.6 Å². The maximum atomic E-state index is 14.8. The lowest BCUT2D eigenvalue weighted by atomic mass is 10.0. The van der Waals surface area contributed by atoms with E-state index in [-0.39, 0.29) is 94.4 Å². The van der Waals surface area contributed by atoms with Crippen molar-refractivity contribution < 1.29 is 82.7 Å². The highest BCUT2D eigenvalue weighted by molar-refractivity contribution is 6.00. The van der Waals surface area contributed by atoms with Crippen LogP contribution in [0, 0.1) is 5.92 Å². The molecule has 21 N–H and O–H groups in total. The van der Waals surface area contributed by atoms with E-state index in [2.05, 4.69) is 67.9 Å². The van der Waals surface area contributed by atoms with Crippen LogP contribution < -0.4 is 70.6 Å². The number of guanidine groups is 1. The fraction of sp³-hybridized carbons (Fsp3) is 0.532. The second-order valence-electron chi connectivity index (χ2n) is 24.8. The number of carbonyl (C=O) groups is 12. The van der Waals surface area contributed by atoms with Crippen LogP contribution in [0.25, 0.3) is 10.9 Å². The van der Waals surface area contributed by atoms with Crippen molar-refractivity contribution in [2.45, 2.75) is 178 Å². The Bertz CT molecular complexity index is 3350. The van der Waals surface area contributed by atoms with E-state index in [4.69, 9.17) is 32.2 Å². The number of aliphatic hydroxyl groups excluding tert-OH is 2. The highest BCUT2D eigenvalue weighted by Crippen LogP contribution is 2.23. The Labute approximate surface area is 558 Å². The average Bonchev–Trinajstić information content (AvgIpc) is 1.75. The van der Waals surface area contributed by atoms with Gasteiger partial charge in [-0.15, -0.1) is 0 Å². The summed E-state index contributed by atoms with van der Waals surface area (Å²) in [4.78, 5) is 178. The average molecular weight is 1360 g/mol. The van der Waals surface area contributed by atoms with Gasteiger partial charge in [0.2, 0.25) is 53.2 Å². The number of likely N-dealkylation sites (tertiary alicyclic amines) is 1. The summed E-state index contributed by atoms with van der Waals surface area (Å²) < 4.78 is 6.02. The number of hydrogen-bond acceptors (Lipinski definition) is 19. The quantitative estimate of drug-likeness (QED) is 0.0124. The molecule has 3 aliphatic rings. The van der Waals surface area contributed by atoms with Gasteiger partial charge in [-0.1, -0.05) is 44.2 Å². The van der Waals surface area contributed by atoms with Gasteiger partial charge in [0, 0.05) is 62.1 Å². The van der Waals surface area contributed by atoms with Gasteiger partial charge in [0.25, 0.3) is 5.91 Å². The number of nitrogens with one attached hydrogen (secondary N) is 11. The molecule has 97 heavy (non-hydrogen) atoms. The van der Waals surface area contributed by atoms with Crippen LogP contribution in [0.1, 0.15) is 104 Å². The number of rotatable bonds is 32. The lowest BCUT2D eigenvalue weighted by Gasteiger charge is -2.31. The van der Waals surface area contributed by atoms with Crippen LogP contribution in [-0.2, 0) is 70.3 Å². The lowest BCUT2D eigenvalue weighted by molar-refractivity contribution is -0.145. The molecule has 0 bridgehead atoms. The number of aliphatic imine (C=N–C) groups is 3. The molecule has 2 aromatic carbocycles. The monoisotopic (exact) mass is 1360 g/mol. The number of H-pyrrole nitrogens is 1. The Balaban J connectivity index is 0.00000270. The van der Waals surface area contributed by atoms with Crippen molar-refractivity contribution in [2.24, 2.45) is 38.1 Å². The summed E-state index contributed by atoms with van der Waals surface area (Å²) in [6.45, 7) is 8.47. The Morgan fingerprint density at radius 1 is 0.742 bits per heavy atom. The molecule has 0 radical (unpaired) electrons. The van der Waals surface area contributed by atoms with Gasteiger partial charge in [-0.3, -0.25) is 63.4 Å². The number of urea groups is 1. The molecule has 0 saturated carbocycles. The number of aromatic amines is 1. The number of nitrogens with zero attached hydrogens (tertiary/aromatic N) is 4. The molecule has 2 fully saturated rings. The zero-order valence-corrected chi connectivity index (χ0v) is 54.8. The lowest BCUT2D eigenvalue weighted by Crippen LogP contribution is -2.62. The number of amides is 12. The maximum Gasteiger partial charge on any atom is 0.332 e. The molecule has 2 saturated heterocycles. The van der Waals surface area contributed by atoms with E-state index in [9.17, 15) is 67.7 Å². The molecule has 3 aromatic rings. The molecule has 4 heterocycles. The first kappa shape index (κ1) is 77.4. The summed E-state index contributed by atoms with van der Waals surface area (Å²) in [5.41, 5.74) is 21.1. The van der Waals surface area contributed by atoms with E-state index in [1.807, 2.05) is 5.43 Å². The molecular formula is C62H90N18O17. The molecule has 11 unspecified atom stereocenters. The summed E-state index contributed by atoms with van der Waals surface area (Å²) in [5.74, 6) is -9.77. The number of primary amides is 1. The standard InChI is InChI=1S/C59H84N18O14.C3H6O3/c1-31(2)22-40(49(82)68-39(12-8-20-64-57(60)61)56(89)77-21-9-13-46(77)55(88)75-76-58(62)90)69-54(87)45(29-91-59(3,4)5)74-50(83)41(23-32-14-16-35(79)17-15-32)70-53(86)44(28-78)73-51(84)42(24-33-26-65-37-11-7-6-10-36(33)37)71-52(85)43(25-34-27-63-30-66-34)72-48(81)38-18-19-47(80)67-38;1-2(4)3(5)6/h6-7,10-11,14-17,26-27,30-31,34,38-46,65,78-79H,8-9,12-13,18-25,28-29H2,1-5H3,(H,67,80)(H,68,82)(H,69,87)(H,70,86)(H,71,85)(H,72,81)(H,73,84)(H,74,83)(H,75,88)(H4,60,61,64)(H3,62,76,90);2,4H,1H3,(H,5,6). The van der Waals surface area contributed by atoms with Crippen molar-refractivity contribution in [1.29, 1.82) is 0 Å². The number of phenols is 1. The van der Waals surface area contributed by atoms with Gasteiger partial charge in [0.15, 0.2) is 5.96 Å². The molecular weight excluding hydrogens is 1270 g/mol. The molecule has 1 aromatic heterocycles. The van der Waals surface area contributed by atoms with E-state index in [0.29, 0.717) is 28.5 Å². The van der Waals surface area contributed by atoms with Crippen molar-refractivity contribution in [2.75, 3.05) is 26.3 Å². The number of nitrogens with two attached hydrogens (primary N) is 3. The second kappa shape index (κ2) is 37.1. The largest absolute Gasteiger partial charge is 0.508 e. The Kier molecular flexibility index (Phi) is 29.6. The number of para-hydroxylation sites is 1. The fourth-order valence-electron chi connectivity index (χ4n) is 10.3. The first-order valence-corrected chi connectivity index (χ1v) is 31.5. The summed E-state index contributed by atoms with van der Waals surface area (Å²) in [7, 11) is 0. The van der Waals surface area contributed by atoms with E-state index in [1.165, 1.54) is 48.6 Å². The third-order valence-corrected chi connectivity index (χ3v) is 15.3. The number of hydrogen-bond donors (Lipinski definition) is 18. The second-order valence-corrected chi connectivity index (χ2v) is 24.8. The molecule has 35 heteroatoms. The number of carbonyl (C=O) groups excluding carboxylic acids is 11. The van der Waals surface area contributed by atoms with Crippen LogP contribution in [-0.4, -0.2) is 218 Å². The van der Waals surface area contributed by atoms with Crippen LogP contribution in [0.4, 0.5) is 4.79 Å². The van der Waals surface area contributed by atoms with Crippen molar-refractivity contribution in [3.8, 4) is 5.75 Å². The van der Waals surface area contributed by atoms with Crippen LogP contribution in [0.5, 0.6) is 5.75 Å². The SMILES string of the molecule is CC(C)CC(NC(=O)C(COC(C)(C)C)NC(=O)C(Cc1ccc(O)cc1)NC(=O)C(CO)NC(=O)C(Cc1c[nH]c2ccccc12)NC(=O)C(CC1C=NC=N1)NC(=O)C1CCC(=O)N1)C(=O)NC(CCCN=C(N)N)C(=O)N1CCCC1C(=O)NNC(N)=O.CC(O)C(=O)O. The third-order valence-electron chi connectivity index (χ3n) is 15.3. The van der Waals surface area contributed by atoms with Crippen LogP contribution in [0.2, 0.25) is 0 Å². The van der Waals surface area contributed by atoms with Gasteiger partial charge >= 0.3 is 12.0 Å². The summed E-state index contributed by atoms with van der Waals surface area (Å²) >= 11 is 0. The van der Waals surface area contributed by atoms with E-state index in [0.717, 1.165) is 0 Å². The minimum atomic E-state index is -1.80. The highest BCUT2D eigenvalue weighted by Gasteiger charge is 2.41. The predicted molar refractivity (Wildman–Crippen MR) is 351 cm³/mol.